The number of nitrogens with one attached hydrogen (secondary N) is 1. The Balaban J connectivity index is 2.03. The van der Waals surface area contributed by atoms with Crippen LogP contribution in [0.15, 0.2) is 18.2 Å². The van der Waals surface area contributed by atoms with E-state index in [1.54, 1.807) is 12.1 Å². The van der Waals surface area contributed by atoms with E-state index in [1.165, 1.54) is 18.9 Å². The molecule has 2 rings (SSSR count). The summed E-state index contributed by atoms with van der Waals surface area (Å²) in [5, 5.41) is 13.9. The Morgan fingerprint density at radius 2 is 2.25 bits per heavy atom. The quantitative estimate of drug-likeness (QED) is 0.658. The normalized spacial score (nSPS) is 22.5. The van der Waals surface area contributed by atoms with Crippen molar-refractivity contribution in [2.45, 2.75) is 45.3 Å². The fourth-order valence-electron chi connectivity index (χ4n) is 2.79. The summed E-state index contributed by atoms with van der Waals surface area (Å²) in [7, 11) is 1.81. The van der Waals surface area contributed by atoms with Crippen LogP contribution in [0.3, 0.4) is 0 Å². The lowest BCUT2D eigenvalue weighted by Crippen LogP contribution is -2.21. The van der Waals surface area contributed by atoms with Gasteiger partial charge in [0.2, 0.25) is 0 Å². The number of hydrogen-bond acceptors (Lipinski definition) is 4. The molecule has 1 N–H and O–H groups in total. The SMILES string of the molecule is CNc1ccc([N+](=O)[O-])cc1COC1CCCC(C)C1. The second-order valence-electron chi connectivity index (χ2n) is 5.55. The molecule has 1 aliphatic carbocycles. The maximum Gasteiger partial charge on any atom is 0.269 e. The highest BCUT2D eigenvalue weighted by Gasteiger charge is 2.20. The molecule has 110 valence electrons. The molecule has 0 aliphatic heterocycles. The lowest BCUT2D eigenvalue weighted by Gasteiger charge is -2.27. The van der Waals surface area contributed by atoms with E-state index in [9.17, 15) is 10.1 Å². The minimum absolute atomic E-state index is 0.111. The van der Waals surface area contributed by atoms with Crippen molar-refractivity contribution < 1.29 is 9.66 Å². The predicted molar refractivity (Wildman–Crippen MR) is 78.9 cm³/mol. The average Bonchev–Trinajstić information content (AvgIpc) is 2.44. The fourth-order valence-corrected chi connectivity index (χ4v) is 2.79. The van der Waals surface area contributed by atoms with E-state index >= 15 is 0 Å². The van der Waals surface area contributed by atoms with E-state index in [-0.39, 0.29) is 16.7 Å². The molecule has 0 bridgehead atoms. The van der Waals surface area contributed by atoms with Crippen molar-refractivity contribution in [1.82, 2.24) is 0 Å². The Morgan fingerprint density at radius 3 is 2.90 bits per heavy atom. The molecular formula is C15H22N2O3. The summed E-state index contributed by atoms with van der Waals surface area (Å²) >= 11 is 0. The van der Waals surface area contributed by atoms with Crippen molar-refractivity contribution >= 4 is 11.4 Å². The summed E-state index contributed by atoms with van der Waals surface area (Å²) < 4.78 is 5.95. The van der Waals surface area contributed by atoms with Gasteiger partial charge >= 0.3 is 0 Å². The molecule has 5 nitrogen and oxygen atoms in total. The molecular weight excluding hydrogens is 256 g/mol. The van der Waals surface area contributed by atoms with Crippen LogP contribution in [-0.4, -0.2) is 18.1 Å². The molecule has 0 radical (unpaired) electrons. The fraction of sp³-hybridized carbons (Fsp3) is 0.600. The summed E-state index contributed by atoms with van der Waals surface area (Å²) in [5.74, 6) is 0.711. The molecule has 1 aliphatic rings. The third kappa shape index (κ3) is 3.70. The van der Waals surface area contributed by atoms with E-state index in [0.29, 0.717) is 12.5 Å². The molecule has 1 aromatic rings. The van der Waals surface area contributed by atoms with Crippen LogP contribution in [0, 0.1) is 16.0 Å². The zero-order valence-electron chi connectivity index (χ0n) is 12.1. The lowest BCUT2D eigenvalue weighted by atomic mass is 9.89. The molecule has 1 aromatic carbocycles. The first-order chi connectivity index (χ1) is 9.60. The van der Waals surface area contributed by atoms with E-state index < -0.39 is 0 Å². The van der Waals surface area contributed by atoms with Crippen molar-refractivity contribution in [1.29, 1.82) is 0 Å². The van der Waals surface area contributed by atoms with Crippen LogP contribution in [-0.2, 0) is 11.3 Å². The molecule has 0 aromatic heterocycles. The Kier molecular flexibility index (Phi) is 4.95. The van der Waals surface area contributed by atoms with Gasteiger partial charge in [-0.1, -0.05) is 19.8 Å². The van der Waals surface area contributed by atoms with Crippen LogP contribution in [0.2, 0.25) is 0 Å². The topological polar surface area (TPSA) is 64.4 Å². The number of nitrogens with zero attached hydrogens (tertiary/aromatic N) is 1. The molecule has 0 saturated heterocycles. The molecule has 2 atom stereocenters. The van der Waals surface area contributed by atoms with Crippen LogP contribution in [0.25, 0.3) is 0 Å². The Labute approximate surface area is 119 Å². The zero-order valence-corrected chi connectivity index (χ0v) is 12.1. The number of nitro groups is 1. The molecule has 1 fully saturated rings. The molecule has 1 saturated carbocycles. The highest BCUT2D eigenvalue weighted by molar-refractivity contribution is 5.55. The van der Waals surface area contributed by atoms with Gasteiger partial charge < -0.3 is 10.1 Å². The van der Waals surface area contributed by atoms with Crippen LogP contribution < -0.4 is 5.32 Å². The number of nitro benzene ring substituents is 1. The van der Waals surface area contributed by atoms with Crippen molar-refractivity contribution in [2.75, 3.05) is 12.4 Å². The number of hydrogen-bond donors (Lipinski definition) is 1. The van der Waals surface area contributed by atoms with Crippen molar-refractivity contribution in [3.63, 3.8) is 0 Å². The molecule has 20 heavy (non-hydrogen) atoms. The molecule has 0 spiro atoms. The summed E-state index contributed by atoms with van der Waals surface area (Å²) in [6, 6.07) is 4.84. The highest BCUT2D eigenvalue weighted by Crippen LogP contribution is 2.28. The first-order valence-electron chi connectivity index (χ1n) is 7.17. The van der Waals surface area contributed by atoms with Gasteiger partial charge in [-0.25, -0.2) is 0 Å². The van der Waals surface area contributed by atoms with Crippen molar-refractivity contribution in [3.8, 4) is 0 Å². The predicted octanol–water partition coefficient (Wildman–Crippen LogP) is 3.73. The summed E-state index contributed by atoms with van der Waals surface area (Å²) in [4.78, 5) is 10.5. The summed E-state index contributed by atoms with van der Waals surface area (Å²) in [6.07, 6.45) is 4.94. The first-order valence-corrected chi connectivity index (χ1v) is 7.17. The molecule has 0 amide bonds. The van der Waals surface area contributed by atoms with Gasteiger partial charge in [-0.3, -0.25) is 10.1 Å². The third-order valence-corrected chi connectivity index (χ3v) is 3.93. The van der Waals surface area contributed by atoms with Crippen LogP contribution >= 0.6 is 0 Å². The van der Waals surface area contributed by atoms with Gasteiger partial charge in [0, 0.05) is 30.4 Å². The molecule has 0 heterocycles. The summed E-state index contributed by atoms with van der Waals surface area (Å²) in [5.41, 5.74) is 1.85. The number of anilines is 1. The Hall–Kier alpha value is -1.62. The molecule has 2 unspecified atom stereocenters. The van der Waals surface area contributed by atoms with E-state index in [0.717, 1.165) is 24.1 Å². The maximum atomic E-state index is 10.8. The van der Waals surface area contributed by atoms with Crippen molar-refractivity contribution in [2.24, 2.45) is 5.92 Å². The van der Waals surface area contributed by atoms with Gasteiger partial charge in [-0.05, 0) is 24.8 Å². The minimum Gasteiger partial charge on any atom is -0.388 e. The van der Waals surface area contributed by atoms with Gasteiger partial charge in [0.1, 0.15) is 0 Å². The second-order valence-corrected chi connectivity index (χ2v) is 5.55. The van der Waals surface area contributed by atoms with Crippen LogP contribution in [0.4, 0.5) is 11.4 Å². The third-order valence-electron chi connectivity index (χ3n) is 3.93. The minimum atomic E-state index is -0.369. The second kappa shape index (κ2) is 6.70. The van der Waals surface area contributed by atoms with E-state index in [2.05, 4.69) is 12.2 Å². The largest absolute Gasteiger partial charge is 0.388 e. The standard InChI is InChI=1S/C15H22N2O3/c1-11-4-3-5-14(8-11)20-10-12-9-13(17(18)19)6-7-15(12)16-2/h6-7,9,11,14,16H,3-5,8,10H2,1-2H3. The Bertz CT molecular complexity index is 476. The van der Waals surface area contributed by atoms with Gasteiger partial charge in [0.25, 0.3) is 5.69 Å². The van der Waals surface area contributed by atoms with Gasteiger partial charge in [-0.2, -0.15) is 0 Å². The maximum absolute atomic E-state index is 10.8. The molecule has 5 heteroatoms. The Morgan fingerprint density at radius 1 is 1.45 bits per heavy atom. The average molecular weight is 278 g/mol. The van der Waals surface area contributed by atoms with Crippen LogP contribution in [0.5, 0.6) is 0 Å². The smallest absolute Gasteiger partial charge is 0.269 e. The number of non-ortho nitro benzene ring substituents is 1. The zero-order chi connectivity index (χ0) is 14.5. The first kappa shape index (κ1) is 14.8. The van der Waals surface area contributed by atoms with E-state index in [4.69, 9.17) is 4.74 Å². The van der Waals surface area contributed by atoms with E-state index in [1.807, 2.05) is 7.05 Å². The van der Waals surface area contributed by atoms with Crippen molar-refractivity contribution in [3.05, 3.63) is 33.9 Å². The monoisotopic (exact) mass is 278 g/mol. The number of ether oxygens (including phenoxy) is 1. The number of benzene rings is 1. The van der Waals surface area contributed by atoms with Crippen LogP contribution in [0.1, 0.15) is 38.2 Å². The van der Waals surface area contributed by atoms with Gasteiger partial charge in [0.15, 0.2) is 0 Å². The van der Waals surface area contributed by atoms with Gasteiger partial charge in [-0.15, -0.1) is 0 Å². The highest BCUT2D eigenvalue weighted by atomic mass is 16.6. The lowest BCUT2D eigenvalue weighted by molar-refractivity contribution is -0.384. The summed E-state index contributed by atoms with van der Waals surface area (Å²) in [6.45, 7) is 2.68. The van der Waals surface area contributed by atoms with Gasteiger partial charge in [0.05, 0.1) is 17.6 Å². The number of rotatable bonds is 5.